The first-order chi connectivity index (χ1) is 10.0. The van der Waals surface area contributed by atoms with E-state index in [9.17, 15) is 0 Å². The highest BCUT2D eigenvalue weighted by atomic mass is 79.9. The van der Waals surface area contributed by atoms with Gasteiger partial charge in [-0.15, -0.1) is 0 Å². The highest BCUT2D eigenvalue weighted by Crippen LogP contribution is 2.22. The van der Waals surface area contributed by atoms with Gasteiger partial charge in [0.25, 0.3) is 0 Å². The van der Waals surface area contributed by atoms with Crippen molar-refractivity contribution in [2.24, 2.45) is 0 Å². The van der Waals surface area contributed by atoms with Gasteiger partial charge in [-0.05, 0) is 52.1 Å². The van der Waals surface area contributed by atoms with Crippen LogP contribution in [0.15, 0.2) is 28.7 Å². The van der Waals surface area contributed by atoms with E-state index in [1.165, 1.54) is 18.7 Å². The van der Waals surface area contributed by atoms with E-state index >= 15 is 0 Å². The van der Waals surface area contributed by atoms with Gasteiger partial charge in [0.1, 0.15) is 0 Å². The molecule has 1 N–H and O–H groups in total. The van der Waals surface area contributed by atoms with Crippen molar-refractivity contribution < 1.29 is 0 Å². The summed E-state index contributed by atoms with van der Waals surface area (Å²) in [6.07, 6.45) is 1.15. The molecule has 1 aliphatic heterocycles. The lowest BCUT2D eigenvalue weighted by Gasteiger charge is -2.42. The van der Waals surface area contributed by atoms with E-state index < -0.39 is 0 Å². The van der Waals surface area contributed by atoms with Crippen molar-refractivity contribution in [2.45, 2.75) is 38.4 Å². The number of halogens is 1. The summed E-state index contributed by atoms with van der Waals surface area (Å²) in [4.78, 5) is 5.10. The quantitative estimate of drug-likeness (QED) is 0.877. The van der Waals surface area contributed by atoms with Crippen LogP contribution in [0.3, 0.4) is 0 Å². The largest absolute Gasteiger partial charge is 0.313 e. The third kappa shape index (κ3) is 4.52. The molecule has 3 nitrogen and oxygen atoms in total. The Morgan fingerprint density at radius 2 is 1.95 bits per heavy atom. The van der Waals surface area contributed by atoms with Crippen molar-refractivity contribution in [2.75, 3.05) is 33.7 Å². The number of hydrogen-bond donors (Lipinski definition) is 1. The van der Waals surface area contributed by atoms with E-state index in [2.05, 4.69) is 83.3 Å². The Balaban J connectivity index is 1.91. The molecule has 0 radical (unpaired) electrons. The number of nitrogens with one attached hydrogen (secondary N) is 1. The summed E-state index contributed by atoms with van der Waals surface area (Å²) in [6, 6.07) is 10.3. The lowest BCUT2D eigenvalue weighted by atomic mass is 10.0. The van der Waals surface area contributed by atoms with Gasteiger partial charge in [0.2, 0.25) is 0 Å². The fraction of sp³-hybridized carbons (Fsp3) is 0.647. The molecule has 3 atom stereocenters. The maximum atomic E-state index is 3.57. The molecular weight excluding hydrogens is 326 g/mol. The summed E-state index contributed by atoms with van der Waals surface area (Å²) >= 11 is 3.57. The lowest BCUT2D eigenvalue weighted by molar-refractivity contribution is 0.0579. The Morgan fingerprint density at radius 3 is 2.52 bits per heavy atom. The van der Waals surface area contributed by atoms with Crippen molar-refractivity contribution in [3.8, 4) is 0 Å². The van der Waals surface area contributed by atoms with Crippen LogP contribution < -0.4 is 5.32 Å². The zero-order valence-electron chi connectivity index (χ0n) is 13.6. The molecule has 0 bridgehead atoms. The molecule has 1 saturated heterocycles. The Hall–Kier alpha value is -0.420. The summed E-state index contributed by atoms with van der Waals surface area (Å²) in [7, 11) is 4.30. The first-order valence-corrected chi connectivity index (χ1v) is 8.67. The third-order valence-electron chi connectivity index (χ3n) is 4.77. The fourth-order valence-corrected chi connectivity index (χ4v) is 3.63. The minimum Gasteiger partial charge on any atom is -0.313 e. The predicted octanol–water partition coefficient (Wildman–Crippen LogP) is 3.12. The Bertz CT molecular complexity index is 439. The van der Waals surface area contributed by atoms with Crippen LogP contribution >= 0.6 is 15.9 Å². The highest BCUT2D eigenvalue weighted by Gasteiger charge is 2.26. The van der Waals surface area contributed by atoms with Crippen LogP contribution in [0.2, 0.25) is 0 Å². The monoisotopic (exact) mass is 353 g/mol. The first kappa shape index (κ1) is 16.9. The Kier molecular flexibility index (Phi) is 6.23. The van der Waals surface area contributed by atoms with Crippen molar-refractivity contribution in [1.29, 1.82) is 0 Å². The van der Waals surface area contributed by atoms with Gasteiger partial charge in [0.05, 0.1) is 0 Å². The van der Waals surface area contributed by atoms with Gasteiger partial charge in [0.15, 0.2) is 0 Å². The van der Waals surface area contributed by atoms with E-state index in [0.717, 1.165) is 17.4 Å². The van der Waals surface area contributed by atoms with Crippen LogP contribution in [0, 0.1) is 0 Å². The smallest absolute Gasteiger partial charge is 0.0330 e. The molecule has 1 heterocycles. The van der Waals surface area contributed by atoms with Gasteiger partial charge < -0.3 is 10.2 Å². The van der Waals surface area contributed by atoms with E-state index in [4.69, 9.17) is 0 Å². The summed E-state index contributed by atoms with van der Waals surface area (Å²) in [6.45, 7) is 8.16. The second-order valence-corrected chi connectivity index (χ2v) is 7.22. The van der Waals surface area contributed by atoms with Crippen LogP contribution in [-0.4, -0.2) is 55.6 Å². The first-order valence-electron chi connectivity index (χ1n) is 7.88. The van der Waals surface area contributed by atoms with Gasteiger partial charge in [-0.25, -0.2) is 0 Å². The second-order valence-electron chi connectivity index (χ2n) is 6.31. The molecule has 3 unspecified atom stereocenters. The minimum atomic E-state index is 0.424. The summed E-state index contributed by atoms with van der Waals surface area (Å²) in [5.41, 5.74) is 1.36. The molecule has 2 rings (SSSR count). The SMILES string of the molecule is CNC(CCN1CC(C)N(C)C(C)C1)c1cccc(Br)c1. The molecule has 4 heteroatoms. The van der Waals surface area contributed by atoms with E-state index in [1.807, 2.05) is 0 Å². The number of benzene rings is 1. The van der Waals surface area contributed by atoms with Gasteiger partial charge in [-0.1, -0.05) is 28.1 Å². The van der Waals surface area contributed by atoms with E-state index in [-0.39, 0.29) is 0 Å². The molecule has 118 valence electrons. The Labute approximate surface area is 137 Å². The number of nitrogens with zero attached hydrogens (tertiary/aromatic N) is 2. The average Bonchev–Trinajstić information content (AvgIpc) is 2.45. The molecule has 1 fully saturated rings. The molecule has 0 saturated carbocycles. The van der Waals surface area contributed by atoms with Gasteiger partial charge in [-0.2, -0.15) is 0 Å². The van der Waals surface area contributed by atoms with Gasteiger partial charge >= 0.3 is 0 Å². The number of piperazine rings is 1. The molecule has 0 aliphatic carbocycles. The maximum Gasteiger partial charge on any atom is 0.0330 e. The van der Waals surface area contributed by atoms with Crippen LogP contribution in [0.25, 0.3) is 0 Å². The molecular formula is C17H28BrN3. The van der Waals surface area contributed by atoms with Crippen LogP contribution in [0.4, 0.5) is 0 Å². The lowest BCUT2D eigenvalue weighted by Crippen LogP contribution is -2.55. The molecule has 1 aromatic rings. The molecule has 1 aromatic carbocycles. The number of likely N-dealkylation sites (N-methyl/N-ethyl adjacent to an activating group) is 1. The molecule has 21 heavy (non-hydrogen) atoms. The summed E-state index contributed by atoms with van der Waals surface area (Å²) in [5.74, 6) is 0. The second kappa shape index (κ2) is 7.73. The predicted molar refractivity (Wildman–Crippen MR) is 93.7 cm³/mol. The van der Waals surface area contributed by atoms with Crippen molar-refractivity contribution in [3.05, 3.63) is 34.3 Å². The third-order valence-corrected chi connectivity index (χ3v) is 5.26. The molecule has 0 spiro atoms. The standard InChI is InChI=1S/C17H28BrN3/c1-13-11-21(12-14(2)20(13)4)9-8-17(19-3)15-6-5-7-16(18)10-15/h5-7,10,13-14,17,19H,8-9,11-12H2,1-4H3. The minimum absolute atomic E-state index is 0.424. The van der Waals surface area contributed by atoms with Gasteiger partial charge in [0, 0.05) is 42.2 Å². The van der Waals surface area contributed by atoms with Crippen LogP contribution in [0.5, 0.6) is 0 Å². The van der Waals surface area contributed by atoms with Crippen LogP contribution in [0.1, 0.15) is 31.9 Å². The Morgan fingerprint density at radius 1 is 1.29 bits per heavy atom. The summed E-state index contributed by atoms with van der Waals surface area (Å²) < 4.78 is 1.15. The fourth-order valence-electron chi connectivity index (χ4n) is 3.21. The van der Waals surface area contributed by atoms with Crippen molar-refractivity contribution in [3.63, 3.8) is 0 Å². The molecule has 0 amide bonds. The average molecular weight is 354 g/mol. The highest BCUT2D eigenvalue weighted by molar-refractivity contribution is 9.10. The topological polar surface area (TPSA) is 18.5 Å². The zero-order chi connectivity index (χ0) is 15.4. The van der Waals surface area contributed by atoms with E-state index in [0.29, 0.717) is 18.1 Å². The molecule has 1 aliphatic rings. The number of rotatable bonds is 5. The van der Waals surface area contributed by atoms with Crippen molar-refractivity contribution in [1.82, 2.24) is 15.1 Å². The molecule has 0 aromatic heterocycles. The number of hydrogen-bond acceptors (Lipinski definition) is 3. The summed E-state index contributed by atoms with van der Waals surface area (Å²) in [5, 5.41) is 3.46. The van der Waals surface area contributed by atoms with Gasteiger partial charge in [-0.3, -0.25) is 4.90 Å². The van der Waals surface area contributed by atoms with Crippen LogP contribution in [-0.2, 0) is 0 Å². The normalized spacial score (nSPS) is 26.0. The van der Waals surface area contributed by atoms with E-state index in [1.54, 1.807) is 0 Å². The van der Waals surface area contributed by atoms with Crippen molar-refractivity contribution >= 4 is 15.9 Å². The zero-order valence-corrected chi connectivity index (χ0v) is 15.2. The maximum absolute atomic E-state index is 3.57.